The molecule has 2 rings (SSSR count). The zero-order chi connectivity index (χ0) is 16.8. The van der Waals surface area contributed by atoms with Crippen LogP contribution in [0.2, 0.25) is 5.02 Å². The normalized spacial score (nSPS) is 11.8. The van der Waals surface area contributed by atoms with E-state index in [-0.39, 0.29) is 19.0 Å². The second kappa shape index (κ2) is 7.75. The van der Waals surface area contributed by atoms with Crippen molar-refractivity contribution in [2.24, 2.45) is 7.05 Å². The van der Waals surface area contributed by atoms with Crippen LogP contribution in [-0.4, -0.2) is 39.8 Å². The van der Waals surface area contributed by atoms with Crippen molar-refractivity contribution in [1.82, 2.24) is 20.4 Å². The number of aliphatic hydroxyl groups excluding tert-OH is 1. The van der Waals surface area contributed by atoms with E-state index in [1.54, 1.807) is 37.5 Å². The highest BCUT2D eigenvalue weighted by molar-refractivity contribution is 6.30. The molecular formula is C15H17ClN4O3. The average Bonchev–Trinajstić information content (AvgIpc) is 2.97. The molecule has 7 nitrogen and oxygen atoms in total. The number of amides is 2. The van der Waals surface area contributed by atoms with Crippen LogP contribution in [0.4, 0.5) is 0 Å². The van der Waals surface area contributed by atoms with E-state index >= 15 is 0 Å². The Balaban J connectivity index is 1.73. The molecule has 0 unspecified atom stereocenters. The van der Waals surface area contributed by atoms with Crippen LogP contribution in [0.15, 0.2) is 36.7 Å². The number of hydrogen-bond donors (Lipinski definition) is 3. The van der Waals surface area contributed by atoms with Gasteiger partial charge in [-0.15, -0.1) is 0 Å². The number of aryl methyl sites for hydroxylation is 1. The first-order valence-corrected chi connectivity index (χ1v) is 7.33. The SMILES string of the molecule is Cn1cc([C@H](O)C(=O)NCCNC(=O)c2ccc(Cl)cc2)cn1. The van der Waals surface area contributed by atoms with Crippen LogP contribution in [0, 0.1) is 0 Å². The molecular weight excluding hydrogens is 320 g/mol. The van der Waals surface area contributed by atoms with Crippen LogP contribution in [0.1, 0.15) is 22.0 Å². The summed E-state index contributed by atoms with van der Waals surface area (Å²) in [7, 11) is 1.69. The maximum Gasteiger partial charge on any atom is 0.253 e. The van der Waals surface area contributed by atoms with Gasteiger partial charge in [0.25, 0.3) is 11.8 Å². The first kappa shape index (κ1) is 17.0. The number of aromatic nitrogens is 2. The zero-order valence-electron chi connectivity index (χ0n) is 12.5. The average molecular weight is 337 g/mol. The second-order valence-corrected chi connectivity index (χ2v) is 5.34. The fourth-order valence-electron chi connectivity index (χ4n) is 1.89. The van der Waals surface area contributed by atoms with Crippen molar-refractivity contribution in [2.45, 2.75) is 6.10 Å². The Hall–Kier alpha value is -2.38. The first-order chi connectivity index (χ1) is 11.0. The molecule has 0 fully saturated rings. The number of halogens is 1. The van der Waals surface area contributed by atoms with Gasteiger partial charge in [0.2, 0.25) is 0 Å². The molecule has 0 aliphatic carbocycles. The van der Waals surface area contributed by atoms with Crippen LogP contribution >= 0.6 is 11.6 Å². The summed E-state index contributed by atoms with van der Waals surface area (Å²) < 4.78 is 1.50. The van der Waals surface area contributed by atoms with E-state index in [9.17, 15) is 14.7 Å². The monoisotopic (exact) mass is 336 g/mol. The number of aliphatic hydroxyl groups is 1. The Kier molecular flexibility index (Phi) is 5.72. The van der Waals surface area contributed by atoms with Gasteiger partial charge >= 0.3 is 0 Å². The second-order valence-electron chi connectivity index (χ2n) is 4.90. The largest absolute Gasteiger partial charge is 0.378 e. The van der Waals surface area contributed by atoms with E-state index in [4.69, 9.17) is 11.6 Å². The Bertz CT molecular complexity index is 684. The topological polar surface area (TPSA) is 96.3 Å². The van der Waals surface area contributed by atoms with Gasteiger partial charge in [-0.1, -0.05) is 11.6 Å². The Morgan fingerprint density at radius 3 is 2.52 bits per heavy atom. The minimum Gasteiger partial charge on any atom is -0.378 e. The number of hydrogen-bond acceptors (Lipinski definition) is 4. The smallest absolute Gasteiger partial charge is 0.253 e. The van der Waals surface area contributed by atoms with Gasteiger partial charge in [0.1, 0.15) is 0 Å². The molecule has 2 amide bonds. The molecule has 2 aromatic rings. The van der Waals surface area contributed by atoms with Gasteiger partial charge in [-0.2, -0.15) is 5.10 Å². The predicted molar refractivity (Wildman–Crippen MR) is 85.0 cm³/mol. The zero-order valence-corrected chi connectivity index (χ0v) is 13.2. The first-order valence-electron chi connectivity index (χ1n) is 6.95. The van der Waals surface area contributed by atoms with Gasteiger partial charge in [0.05, 0.1) is 6.20 Å². The number of carbonyl (C=O) groups excluding carboxylic acids is 2. The van der Waals surface area contributed by atoms with Crippen molar-refractivity contribution in [3.05, 3.63) is 52.8 Å². The van der Waals surface area contributed by atoms with Crippen molar-refractivity contribution in [1.29, 1.82) is 0 Å². The lowest BCUT2D eigenvalue weighted by molar-refractivity contribution is -0.129. The quantitative estimate of drug-likeness (QED) is 0.675. The summed E-state index contributed by atoms with van der Waals surface area (Å²) in [4.78, 5) is 23.6. The molecule has 0 spiro atoms. The number of rotatable bonds is 6. The summed E-state index contributed by atoms with van der Waals surface area (Å²) in [5.41, 5.74) is 0.895. The van der Waals surface area contributed by atoms with Gasteiger partial charge in [-0.25, -0.2) is 0 Å². The molecule has 122 valence electrons. The molecule has 3 N–H and O–H groups in total. The summed E-state index contributed by atoms with van der Waals surface area (Å²) in [5.74, 6) is -0.803. The number of carbonyl (C=O) groups is 2. The van der Waals surface area contributed by atoms with E-state index < -0.39 is 12.0 Å². The Morgan fingerprint density at radius 2 is 1.91 bits per heavy atom. The van der Waals surface area contributed by atoms with Crippen LogP contribution < -0.4 is 10.6 Å². The fourth-order valence-corrected chi connectivity index (χ4v) is 2.02. The molecule has 0 aliphatic heterocycles. The molecule has 1 heterocycles. The third-order valence-corrected chi connectivity index (χ3v) is 3.36. The standard InChI is InChI=1S/C15H17ClN4O3/c1-20-9-11(8-19-20)13(21)15(23)18-7-6-17-14(22)10-2-4-12(16)5-3-10/h2-5,8-9,13,21H,6-7H2,1H3,(H,17,22)(H,18,23)/t13-/m0/s1. The van der Waals surface area contributed by atoms with Crippen molar-refractivity contribution < 1.29 is 14.7 Å². The van der Waals surface area contributed by atoms with Gasteiger partial charge in [0.15, 0.2) is 6.10 Å². The third kappa shape index (κ3) is 4.80. The van der Waals surface area contributed by atoms with Gasteiger partial charge < -0.3 is 15.7 Å². The number of nitrogens with one attached hydrogen (secondary N) is 2. The maximum absolute atomic E-state index is 11.8. The molecule has 8 heteroatoms. The lowest BCUT2D eigenvalue weighted by Gasteiger charge is -2.10. The van der Waals surface area contributed by atoms with Gasteiger partial charge in [0, 0.05) is 42.5 Å². The number of benzene rings is 1. The highest BCUT2D eigenvalue weighted by Gasteiger charge is 2.18. The van der Waals surface area contributed by atoms with Crippen molar-refractivity contribution in [2.75, 3.05) is 13.1 Å². The fraction of sp³-hybridized carbons (Fsp3) is 0.267. The molecule has 0 bridgehead atoms. The summed E-state index contributed by atoms with van der Waals surface area (Å²) in [6, 6.07) is 6.48. The van der Waals surface area contributed by atoms with Crippen LogP contribution in [0.3, 0.4) is 0 Å². The van der Waals surface area contributed by atoms with Crippen molar-refractivity contribution >= 4 is 23.4 Å². The van der Waals surface area contributed by atoms with E-state index in [1.165, 1.54) is 10.9 Å². The Morgan fingerprint density at radius 1 is 1.26 bits per heavy atom. The Labute approximate surface area is 138 Å². The lowest BCUT2D eigenvalue weighted by atomic mass is 10.2. The molecule has 0 radical (unpaired) electrons. The minimum absolute atomic E-state index is 0.204. The maximum atomic E-state index is 11.8. The predicted octanol–water partition coefficient (Wildman–Crippen LogP) is 0.653. The summed E-state index contributed by atoms with van der Waals surface area (Å²) in [5, 5.41) is 19.5. The molecule has 23 heavy (non-hydrogen) atoms. The van der Waals surface area contributed by atoms with Crippen LogP contribution in [0.5, 0.6) is 0 Å². The van der Waals surface area contributed by atoms with E-state index in [1.807, 2.05) is 0 Å². The molecule has 0 saturated heterocycles. The van der Waals surface area contributed by atoms with E-state index in [0.29, 0.717) is 16.1 Å². The third-order valence-electron chi connectivity index (χ3n) is 3.11. The highest BCUT2D eigenvalue weighted by Crippen LogP contribution is 2.11. The molecule has 1 atom stereocenters. The number of nitrogens with zero attached hydrogens (tertiary/aromatic N) is 2. The van der Waals surface area contributed by atoms with Crippen molar-refractivity contribution in [3.63, 3.8) is 0 Å². The molecule has 0 aliphatic rings. The van der Waals surface area contributed by atoms with Gasteiger partial charge in [-0.3, -0.25) is 14.3 Å². The summed E-state index contributed by atoms with van der Waals surface area (Å²) in [6.45, 7) is 0.447. The van der Waals surface area contributed by atoms with Crippen LogP contribution in [0.25, 0.3) is 0 Å². The summed E-state index contributed by atoms with van der Waals surface area (Å²) >= 11 is 5.75. The van der Waals surface area contributed by atoms with Crippen molar-refractivity contribution in [3.8, 4) is 0 Å². The molecule has 1 aromatic carbocycles. The molecule has 1 aromatic heterocycles. The molecule has 0 saturated carbocycles. The lowest BCUT2D eigenvalue weighted by Crippen LogP contribution is -2.36. The highest BCUT2D eigenvalue weighted by atomic mass is 35.5. The van der Waals surface area contributed by atoms with Gasteiger partial charge in [-0.05, 0) is 24.3 Å². The summed E-state index contributed by atoms with van der Waals surface area (Å²) in [6.07, 6.45) is 1.70. The minimum atomic E-state index is -1.28. The van der Waals surface area contributed by atoms with Crippen LogP contribution in [-0.2, 0) is 11.8 Å². The van der Waals surface area contributed by atoms with E-state index in [2.05, 4.69) is 15.7 Å². The van der Waals surface area contributed by atoms with E-state index in [0.717, 1.165) is 0 Å².